The van der Waals surface area contributed by atoms with E-state index in [0.717, 1.165) is 11.4 Å². The van der Waals surface area contributed by atoms with Crippen molar-refractivity contribution in [1.29, 1.82) is 0 Å². The molecule has 0 amide bonds. The van der Waals surface area contributed by atoms with E-state index < -0.39 is 0 Å². The molecule has 0 saturated heterocycles. The Kier molecular flexibility index (Phi) is 4.75. The smallest absolute Gasteiger partial charge is 0.0619 e. The van der Waals surface area contributed by atoms with Crippen LogP contribution in [-0.4, -0.2) is 4.40 Å². The molecule has 0 aliphatic rings. The molecule has 0 spiro atoms. The van der Waals surface area contributed by atoms with Gasteiger partial charge in [0.05, 0.1) is 22.2 Å². The van der Waals surface area contributed by atoms with Gasteiger partial charge in [-0.3, -0.25) is 0 Å². The van der Waals surface area contributed by atoms with Crippen molar-refractivity contribution in [3.8, 4) is 0 Å². The molecule has 0 radical (unpaired) electrons. The first kappa shape index (κ1) is 23.7. The van der Waals surface area contributed by atoms with Crippen molar-refractivity contribution in [1.82, 2.24) is 4.40 Å². The number of fused-ring (bicyclic) bond motifs is 7. The second-order valence-electron chi connectivity index (χ2n) is 11.8. The van der Waals surface area contributed by atoms with Crippen LogP contribution in [0.4, 0.5) is 17.1 Å². The Hall–Kier alpha value is -5.86. The van der Waals surface area contributed by atoms with Crippen molar-refractivity contribution in [3.63, 3.8) is 0 Å². The lowest BCUT2D eigenvalue weighted by atomic mass is 9.99. The van der Waals surface area contributed by atoms with Crippen LogP contribution < -0.4 is 4.90 Å². The summed E-state index contributed by atoms with van der Waals surface area (Å²) in [5.41, 5.74) is 7.20. The van der Waals surface area contributed by atoms with Crippen molar-refractivity contribution >= 4 is 87.5 Å². The first-order valence-corrected chi connectivity index (χ1v) is 15.2. The molecule has 0 saturated carbocycles. The van der Waals surface area contributed by atoms with Crippen molar-refractivity contribution < 1.29 is 0 Å². The second-order valence-corrected chi connectivity index (χ2v) is 11.8. The third kappa shape index (κ3) is 3.20. The van der Waals surface area contributed by atoms with Crippen molar-refractivity contribution in [2.75, 3.05) is 4.90 Å². The summed E-state index contributed by atoms with van der Waals surface area (Å²) in [6.45, 7) is 0. The Morgan fingerprint density at radius 3 is 1.89 bits per heavy atom. The highest BCUT2D eigenvalue weighted by atomic mass is 15.1. The molecule has 10 rings (SSSR count). The summed E-state index contributed by atoms with van der Waals surface area (Å²) in [6.07, 6.45) is 0. The van der Waals surface area contributed by atoms with Gasteiger partial charge in [-0.2, -0.15) is 0 Å². The highest BCUT2D eigenvalue weighted by Gasteiger charge is 2.20. The lowest BCUT2D eigenvalue weighted by Gasteiger charge is -2.27. The Balaban J connectivity index is 1.34. The maximum Gasteiger partial charge on any atom is 0.0619 e. The molecule has 2 heterocycles. The largest absolute Gasteiger partial charge is 0.310 e. The summed E-state index contributed by atoms with van der Waals surface area (Å²) in [7, 11) is 0. The van der Waals surface area contributed by atoms with Gasteiger partial charge in [0.25, 0.3) is 0 Å². The highest BCUT2D eigenvalue weighted by molar-refractivity contribution is 6.27. The first-order valence-electron chi connectivity index (χ1n) is 15.2. The molecule has 0 fully saturated rings. The van der Waals surface area contributed by atoms with Crippen LogP contribution in [0.2, 0.25) is 0 Å². The first-order chi connectivity index (χ1) is 21.8. The second kappa shape index (κ2) is 8.82. The number of aromatic nitrogens is 1. The van der Waals surface area contributed by atoms with Crippen LogP contribution in [0.1, 0.15) is 0 Å². The zero-order valence-electron chi connectivity index (χ0n) is 23.9. The van der Waals surface area contributed by atoms with Gasteiger partial charge in [-0.05, 0) is 63.3 Å². The van der Waals surface area contributed by atoms with E-state index in [1.54, 1.807) is 0 Å². The van der Waals surface area contributed by atoms with Crippen molar-refractivity contribution in [2.45, 2.75) is 0 Å². The van der Waals surface area contributed by atoms with Crippen LogP contribution in [0.25, 0.3) is 70.4 Å². The van der Waals surface area contributed by atoms with Gasteiger partial charge in [-0.1, -0.05) is 121 Å². The summed E-state index contributed by atoms with van der Waals surface area (Å²) in [4.78, 5) is 2.43. The Labute approximate surface area is 253 Å². The van der Waals surface area contributed by atoms with Gasteiger partial charge in [0.15, 0.2) is 0 Å². The zero-order chi connectivity index (χ0) is 28.8. The molecule has 2 nitrogen and oxygen atoms in total. The third-order valence-corrected chi connectivity index (χ3v) is 9.44. The molecule has 8 aromatic carbocycles. The Bertz CT molecular complexity index is 2720. The SMILES string of the molecule is c1ccc2cc(N(c3ccc4c5cccc6c7cccc8cccc(c87)n(c4c3)c65)c3cccc4ccccc34)ccc2c1. The van der Waals surface area contributed by atoms with Gasteiger partial charge in [0.1, 0.15) is 0 Å². The predicted octanol–water partition coefficient (Wildman–Crippen LogP) is 11.8. The molecule has 204 valence electrons. The molecule has 0 N–H and O–H groups in total. The van der Waals surface area contributed by atoms with Crippen LogP contribution in [0, 0.1) is 0 Å². The van der Waals surface area contributed by atoms with Gasteiger partial charge < -0.3 is 9.30 Å². The maximum atomic E-state index is 2.50. The van der Waals surface area contributed by atoms with E-state index in [9.17, 15) is 0 Å². The van der Waals surface area contributed by atoms with E-state index >= 15 is 0 Å². The Morgan fingerprint density at radius 1 is 0.364 bits per heavy atom. The van der Waals surface area contributed by atoms with Gasteiger partial charge >= 0.3 is 0 Å². The fraction of sp³-hybridized carbons (Fsp3) is 0. The standard InChI is InChI=1S/C42H26N2/c1-2-11-30-25-31(22-21-27(30)9-1)43(38-19-6-12-28-10-3-4-15-33(28)38)32-23-24-34-36-17-8-18-37-35-16-5-13-29-14-7-20-39(41(29)35)44(42(36)37)40(34)26-32/h1-26H. The fourth-order valence-electron chi connectivity index (χ4n) is 7.54. The number of hydrogen-bond donors (Lipinski definition) is 0. The number of hydrogen-bond acceptors (Lipinski definition) is 1. The molecule has 0 aliphatic carbocycles. The molecule has 2 heteroatoms. The number of nitrogens with zero attached hydrogens (tertiary/aromatic N) is 2. The van der Waals surface area contributed by atoms with Gasteiger partial charge in [-0.15, -0.1) is 0 Å². The number of para-hydroxylation sites is 1. The number of benzene rings is 8. The van der Waals surface area contributed by atoms with Gasteiger partial charge in [-0.25, -0.2) is 0 Å². The predicted molar refractivity (Wildman–Crippen MR) is 188 cm³/mol. The summed E-state index contributed by atoms with van der Waals surface area (Å²) in [5, 5.41) is 12.7. The van der Waals surface area contributed by atoms with E-state index in [1.807, 2.05) is 0 Å². The van der Waals surface area contributed by atoms with Crippen LogP contribution in [0.15, 0.2) is 158 Å². The molecule has 10 aromatic rings. The monoisotopic (exact) mass is 558 g/mol. The normalized spacial score (nSPS) is 12.1. The molecule has 0 atom stereocenters. The van der Waals surface area contributed by atoms with Crippen LogP contribution in [0.5, 0.6) is 0 Å². The van der Waals surface area contributed by atoms with Crippen LogP contribution in [-0.2, 0) is 0 Å². The number of rotatable bonds is 3. The van der Waals surface area contributed by atoms with Gasteiger partial charge in [0.2, 0.25) is 0 Å². The quantitative estimate of drug-likeness (QED) is 0.155. The minimum absolute atomic E-state index is 1.13. The molecule has 0 unspecified atom stereocenters. The maximum absolute atomic E-state index is 2.50. The Morgan fingerprint density at radius 2 is 0.977 bits per heavy atom. The van der Waals surface area contributed by atoms with E-state index in [0.29, 0.717) is 0 Å². The topological polar surface area (TPSA) is 7.65 Å². The average molecular weight is 559 g/mol. The molecule has 44 heavy (non-hydrogen) atoms. The summed E-state index contributed by atoms with van der Waals surface area (Å²) < 4.78 is 2.50. The van der Waals surface area contributed by atoms with E-state index in [-0.39, 0.29) is 0 Å². The summed E-state index contributed by atoms with van der Waals surface area (Å²) in [6, 6.07) is 57.9. The molecular formula is C42H26N2. The van der Waals surface area contributed by atoms with Crippen LogP contribution >= 0.6 is 0 Å². The van der Waals surface area contributed by atoms with E-state index in [1.165, 1.54) is 76.1 Å². The minimum Gasteiger partial charge on any atom is -0.310 e. The fourth-order valence-corrected chi connectivity index (χ4v) is 7.54. The minimum atomic E-state index is 1.13. The molecular weight excluding hydrogens is 532 g/mol. The number of anilines is 3. The van der Waals surface area contributed by atoms with Crippen LogP contribution in [0.3, 0.4) is 0 Å². The third-order valence-electron chi connectivity index (χ3n) is 9.44. The van der Waals surface area contributed by atoms with E-state index in [4.69, 9.17) is 0 Å². The molecule has 0 bridgehead atoms. The summed E-state index contributed by atoms with van der Waals surface area (Å²) >= 11 is 0. The highest BCUT2D eigenvalue weighted by Crippen LogP contribution is 2.44. The zero-order valence-corrected chi connectivity index (χ0v) is 23.9. The lowest BCUT2D eigenvalue weighted by molar-refractivity contribution is 1.29. The van der Waals surface area contributed by atoms with Crippen molar-refractivity contribution in [3.05, 3.63) is 158 Å². The van der Waals surface area contributed by atoms with E-state index in [2.05, 4.69) is 167 Å². The molecule has 2 aromatic heterocycles. The summed E-state index contributed by atoms with van der Waals surface area (Å²) in [5.74, 6) is 0. The van der Waals surface area contributed by atoms with Gasteiger partial charge in [0, 0.05) is 38.3 Å². The van der Waals surface area contributed by atoms with Crippen molar-refractivity contribution in [2.24, 2.45) is 0 Å². The average Bonchev–Trinajstić information content (AvgIpc) is 3.42. The lowest BCUT2D eigenvalue weighted by Crippen LogP contribution is -2.10. The molecule has 0 aliphatic heterocycles. The number of pyridine rings is 1.